The van der Waals surface area contributed by atoms with E-state index in [-0.39, 0.29) is 4.75 Å². The Morgan fingerprint density at radius 2 is 1.77 bits per heavy atom. The normalized spacial score (nSPS) is 13.8. The number of hydrogen-bond donors (Lipinski definition) is 0. The molecule has 0 aromatic carbocycles. The first kappa shape index (κ1) is 13.5. The molecule has 0 amide bonds. The molecule has 0 aromatic heterocycles. The van der Waals surface area contributed by atoms with Crippen LogP contribution in [0.4, 0.5) is 0 Å². The zero-order valence-corrected chi connectivity index (χ0v) is 11.2. The second-order valence-corrected chi connectivity index (χ2v) is 7.55. The quantitative estimate of drug-likeness (QED) is 0.527. The van der Waals surface area contributed by atoms with E-state index in [4.69, 9.17) is 11.6 Å². The Kier molecular flexibility index (Phi) is 6.37. The standard InChI is InChI=1S/C10H17ClS2/c1-8(2)9(6-7-11)12-13-10(3,4)5/h8-9H,1-5H3. The van der Waals surface area contributed by atoms with Gasteiger partial charge in [0.2, 0.25) is 0 Å². The van der Waals surface area contributed by atoms with E-state index in [9.17, 15) is 0 Å². The molecule has 0 aliphatic heterocycles. The third-order valence-corrected chi connectivity index (χ3v) is 5.19. The molecule has 1 atom stereocenters. The van der Waals surface area contributed by atoms with Gasteiger partial charge in [-0.3, -0.25) is 0 Å². The Balaban J connectivity index is 4.03. The fraction of sp³-hybridized carbons (Fsp3) is 0.800. The van der Waals surface area contributed by atoms with Crippen LogP contribution in [0, 0.1) is 17.2 Å². The highest BCUT2D eigenvalue weighted by atomic mass is 35.5. The molecule has 0 heterocycles. The van der Waals surface area contributed by atoms with E-state index in [1.807, 2.05) is 21.6 Å². The summed E-state index contributed by atoms with van der Waals surface area (Å²) in [7, 11) is 3.69. The molecule has 0 aliphatic carbocycles. The van der Waals surface area contributed by atoms with Crippen molar-refractivity contribution in [2.45, 2.75) is 44.6 Å². The van der Waals surface area contributed by atoms with Gasteiger partial charge in [-0.05, 0) is 17.5 Å². The predicted molar refractivity (Wildman–Crippen MR) is 67.2 cm³/mol. The molecule has 0 N–H and O–H groups in total. The molecule has 76 valence electrons. The van der Waals surface area contributed by atoms with Crippen LogP contribution in [0.1, 0.15) is 34.6 Å². The lowest BCUT2D eigenvalue weighted by Crippen LogP contribution is -2.11. The first-order chi connectivity index (χ1) is 5.87. The summed E-state index contributed by atoms with van der Waals surface area (Å²) < 4.78 is 0.284. The van der Waals surface area contributed by atoms with Gasteiger partial charge >= 0.3 is 0 Å². The van der Waals surface area contributed by atoms with E-state index in [1.165, 1.54) is 0 Å². The second-order valence-electron chi connectivity index (χ2n) is 4.20. The maximum atomic E-state index is 5.41. The minimum atomic E-state index is 0.284. The van der Waals surface area contributed by atoms with E-state index in [0.717, 1.165) is 0 Å². The molecule has 0 fully saturated rings. The maximum Gasteiger partial charge on any atom is 0.0796 e. The lowest BCUT2D eigenvalue weighted by atomic mass is 10.1. The van der Waals surface area contributed by atoms with Gasteiger partial charge in [0.05, 0.1) is 5.25 Å². The summed E-state index contributed by atoms with van der Waals surface area (Å²) in [6, 6.07) is 0. The topological polar surface area (TPSA) is 0 Å². The molecule has 3 heteroatoms. The zero-order chi connectivity index (χ0) is 10.5. The summed E-state index contributed by atoms with van der Waals surface area (Å²) in [5, 5.41) is 2.81. The van der Waals surface area contributed by atoms with Crippen LogP contribution in [0.3, 0.4) is 0 Å². The van der Waals surface area contributed by atoms with Gasteiger partial charge in [-0.2, -0.15) is 0 Å². The summed E-state index contributed by atoms with van der Waals surface area (Å²) in [5.74, 6) is 3.56. The average Bonchev–Trinajstić information content (AvgIpc) is 1.95. The van der Waals surface area contributed by atoms with Gasteiger partial charge in [0.15, 0.2) is 0 Å². The summed E-state index contributed by atoms with van der Waals surface area (Å²) in [5.41, 5.74) is 0. The number of hydrogen-bond acceptors (Lipinski definition) is 2. The van der Waals surface area contributed by atoms with Gasteiger partial charge in [-0.25, -0.2) is 0 Å². The summed E-state index contributed by atoms with van der Waals surface area (Å²) in [6.07, 6.45) is 0. The van der Waals surface area contributed by atoms with Crippen molar-refractivity contribution < 1.29 is 0 Å². The highest BCUT2D eigenvalue weighted by molar-refractivity contribution is 8.77. The van der Waals surface area contributed by atoms with E-state index in [1.54, 1.807) is 0 Å². The maximum absolute atomic E-state index is 5.41. The number of rotatable bonds is 3. The molecule has 1 unspecified atom stereocenters. The van der Waals surface area contributed by atoms with Crippen LogP contribution in [0.15, 0.2) is 0 Å². The van der Waals surface area contributed by atoms with Crippen molar-refractivity contribution in [3.8, 4) is 11.3 Å². The smallest absolute Gasteiger partial charge is 0.0796 e. The van der Waals surface area contributed by atoms with Gasteiger partial charge in [0.25, 0.3) is 0 Å². The van der Waals surface area contributed by atoms with Crippen LogP contribution in [0.5, 0.6) is 0 Å². The average molecular weight is 237 g/mol. The molecule has 13 heavy (non-hydrogen) atoms. The first-order valence-corrected chi connectivity index (χ1v) is 6.91. The van der Waals surface area contributed by atoms with E-state index >= 15 is 0 Å². The molecule has 0 radical (unpaired) electrons. The Hall–Kier alpha value is 0.550. The summed E-state index contributed by atoms with van der Waals surface area (Å²) in [6.45, 7) is 11.0. The fourth-order valence-electron chi connectivity index (χ4n) is 0.552. The van der Waals surface area contributed by atoms with Gasteiger partial charge < -0.3 is 0 Å². The van der Waals surface area contributed by atoms with Crippen molar-refractivity contribution >= 4 is 33.2 Å². The fourth-order valence-corrected chi connectivity index (χ4v) is 3.44. The molecule has 0 saturated carbocycles. The van der Waals surface area contributed by atoms with Crippen molar-refractivity contribution in [2.75, 3.05) is 0 Å². The monoisotopic (exact) mass is 236 g/mol. The Labute approximate surface area is 95.0 Å². The van der Waals surface area contributed by atoms with Crippen molar-refractivity contribution in [1.82, 2.24) is 0 Å². The minimum absolute atomic E-state index is 0.284. The second kappa shape index (κ2) is 6.11. The molecule has 0 rings (SSSR count). The molecule has 0 aliphatic rings. The van der Waals surface area contributed by atoms with Crippen LogP contribution < -0.4 is 0 Å². The Bertz CT molecular complexity index is 195. The molecular formula is C10H17ClS2. The van der Waals surface area contributed by atoms with Crippen molar-refractivity contribution in [3.05, 3.63) is 0 Å². The minimum Gasteiger partial charge on any atom is -0.0869 e. The van der Waals surface area contributed by atoms with Crippen molar-refractivity contribution in [3.63, 3.8) is 0 Å². The predicted octanol–water partition coefficient (Wildman–Crippen LogP) is 4.39. The van der Waals surface area contributed by atoms with E-state index in [0.29, 0.717) is 11.2 Å². The lowest BCUT2D eigenvalue weighted by Gasteiger charge is -2.20. The van der Waals surface area contributed by atoms with E-state index in [2.05, 4.69) is 45.9 Å². The Morgan fingerprint density at radius 1 is 1.23 bits per heavy atom. The van der Waals surface area contributed by atoms with Crippen molar-refractivity contribution in [1.29, 1.82) is 0 Å². The van der Waals surface area contributed by atoms with Gasteiger partial charge in [-0.15, -0.1) is 0 Å². The molecular weight excluding hydrogens is 220 g/mol. The molecule has 0 nitrogen and oxygen atoms in total. The largest absolute Gasteiger partial charge is 0.0869 e. The first-order valence-electron chi connectivity index (χ1n) is 4.32. The highest BCUT2D eigenvalue weighted by Crippen LogP contribution is 2.39. The SMILES string of the molecule is CC(C)C(C#CCl)SSC(C)(C)C. The molecule has 0 spiro atoms. The lowest BCUT2D eigenvalue weighted by molar-refractivity contribution is 0.692. The van der Waals surface area contributed by atoms with Crippen molar-refractivity contribution in [2.24, 2.45) is 5.92 Å². The van der Waals surface area contributed by atoms with Gasteiger partial charge in [-0.1, -0.05) is 62.1 Å². The Morgan fingerprint density at radius 3 is 2.08 bits per heavy atom. The van der Waals surface area contributed by atoms with Crippen LogP contribution in [-0.2, 0) is 0 Å². The van der Waals surface area contributed by atoms with Crippen LogP contribution in [0.2, 0.25) is 0 Å². The van der Waals surface area contributed by atoms with Gasteiger partial charge in [0.1, 0.15) is 0 Å². The van der Waals surface area contributed by atoms with E-state index < -0.39 is 0 Å². The highest BCUT2D eigenvalue weighted by Gasteiger charge is 2.17. The zero-order valence-electron chi connectivity index (χ0n) is 8.85. The summed E-state index contributed by atoms with van der Waals surface area (Å²) >= 11 is 5.41. The molecule has 0 bridgehead atoms. The molecule has 0 aromatic rings. The third kappa shape index (κ3) is 7.61. The van der Waals surface area contributed by atoms with Crippen LogP contribution in [0.25, 0.3) is 0 Å². The van der Waals surface area contributed by atoms with Crippen LogP contribution >= 0.6 is 33.2 Å². The number of halogens is 1. The van der Waals surface area contributed by atoms with Gasteiger partial charge in [0, 0.05) is 10.1 Å². The van der Waals surface area contributed by atoms with Crippen LogP contribution in [-0.4, -0.2) is 10.00 Å². The molecule has 0 saturated heterocycles. The summed E-state index contributed by atoms with van der Waals surface area (Å²) in [4.78, 5) is 0. The third-order valence-electron chi connectivity index (χ3n) is 1.20.